The molecule has 0 atom stereocenters. The van der Waals surface area contributed by atoms with Crippen molar-refractivity contribution in [3.8, 4) is 16.9 Å². The molecule has 0 radical (unpaired) electrons. The number of hydrogen-bond acceptors (Lipinski definition) is 5. The van der Waals surface area contributed by atoms with E-state index in [1.165, 1.54) is 18.0 Å². The Hall–Kier alpha value is -1.92. The van der Waals surface area contributed by atoms with Crippen molar-refractivity contribution in [1.82, 2.24) is 9.78 Å². The van der Waals surface area contributed by atoms with Crippen molar-refractivity contribution in [2.45, 2.75) is 25.9 Å². The maximum absolute atomic E-state index is 14.2. The van der Waals surface area contributed by atoms with E-state index in [-0.39, 0.29) is 23.9 Å². The molecule has 158 valence electrons. The van der Waals surface area contributed by atoms with Crippen LogP contribution in [0.4, 0.5) is 22.0 Å². The quantitative estimate of drug-likeness (QED) is 0.371. The maximum atomic E-state index is 14.2. The Bertz CT molecular complexity index is 916. The van der Waals surface area contributed by atoms with E-state index in [4.69, 9.17) is 16.3 Å². The Morgan fingerprint density at radius 2 is 1.75 bits per heavy atom. The summed E-state index contributed by atoms with van der Waals surface area (Å²) in [5.41, 5.74) is -6.28. The first-order chi connectivity index (χ1) is 13.0. The largest absolute Gasteiger partial charge is 0.534 e. The van der Waals surface area contributed by atoms with Gasteiger partial charge in [-0.05, 0) is 12.1 Å². The van der Waals surface area contributed by atoms with Crippen LogP contribution in [0.25, 0.3) is 11.1 Å². The Balaban J connectivity index is 0.00000190. The first-order valence-corrected chi connectivity index (χ1v) is 9.47. The summed E-state index contributed by atoms with van der Waals surface area (Å²) in [5.74, 6) is -5.00. The lowest BCUT2D eigenvalue weighted by molar-refractivity contribution is -0.0501. The molecule has 0 aliphatic carbocycles. The molecule has 0 unspecified atom stereocenters. The highest BCUT2D eigenvalue weighted by atomic mass is 35.5. The number of alkyl halides is 3. The van der Waals surface area contributed by atoms with E-state index >= 15 is 0 Å². The Labute approximate surface area is 162 Å². The lowest BCUT2D eigenvalue weighted by Crippen LogP contribution is -2.28. The van der Waals surface area contributed by atoms with Gasteiger partial charge in [0.2, 0.25) is 5.82 Å². The minimum Gasteiger partial charge on any atom is -0.383 e. The molecule has 1 heterocycles. The predicted molar refractivity (Wildman–Crippen MR) is 91.4 cm³/mol. The van der Waals surface area contributed by atoms with Crippen LogP contribution in [0, 0.1) is 11.6 Å². The van der Waals surface area contributed by atoms with Crippen LogP contribution in [0.3, 0.4) is 0 Å². The van der Waals surface area contributed by atoms with Gasteiger partial charge in [-0.15, -0.1) is 0 Å². The van der Waals surface area contributed by atoms with E-state index in [1.807, 2.05) is 13.8 Å². The van der Waals surface area contributed by atoms with Gasteiger partial charge in [0.1, 0.15) is 0 Å². The molecule has 6 nitrogen and oxygen atoms in total. The van der Waals surface area contributed by atoms with Crippen LogP contribution in [0.5, 0.6) is 5.75 Å². The maximum Gasteiger partial charge on any atom is 0.534 e. The minimum absolute atomic E-state index is 0.0515. The SMILES string of the molecule is CC.COCCn1cc(-c2ccc(OS(=O)(=O)C(F)(F)F)c(F)c2F)c(Cl)n1. The molecule has 0 spiro atoms. The number of methoxy groups -OCH3 is 1. The Morgan fingerprint density at radius 1 is 1.14 bits per heavy atom. The number of hydrogen-bond donors (Lipinski definition) is 0. The van der Waals surface area contributed by atoms with Gasteiger partial charge in [-0.2, -0.15) is 31.1 Å². The number of aromatic nitrogens is 2. The molecule has 0 fully saturated rings. The molecule has 0 bridgehead atoms. The van der Waals surface area contributed by atoms with E-state index in [1.54, 1.807) is 0 Å². The fourth-order valence-corrected chi connectivity index (χ4v) is 2.55. The highest BCUT2D eigenvalue weighted by molar-refractivity contribution is 7.88. The lowest BCUT2D eigenvalue weighted by atomic mass is 10.1. The number of benzene rings is 1. The van der Waals surface area contributed by atoms with Crippen molar-refractivity contribution in [3.05, 3.63) is 35.1 Å². The first kappa shape index (κ1) is 24.1. The van der Waals surface area contributed by atoms with Crippen LogP contribution >= 0.6 is 11.6 Å². The zero-order chi connectivity index (χ0) is 21.7. The minimum atomic E-state index is -6.14. The van der Waals surface area contributed by atoms with Crippen molar-refractivity contribution in [1.29, 1.82) is 0 Å². The molecule has 1 aromatic heterocycles. The zero-order valence-electron chi connectivity index (χ0n) is 14.8. The summed E-state index contributed by atoms with van der Waals surface area (Å²) in [6, 6.07) is 1.36. The molecular weight excluding hydrogens is 435 g/mol. The van der Waals surface area contributed by atoms with Crippen LogP contribution in [-0.2, 0) is 21.4 Å². The molecule has 0 saturated heterocycles. The standard InChI is InChI=1S/C13H10ClF5N2O4S.C2H6/c1-24-5-4-21-6-8(12(14)20-21)7-2-3-9(11(16)10(7)15)25-26(22,23)13(17,18)19;1-2/h2-3,6H,4-5H2,1H3;1-2H3. The first-order valence-electron chi connectivity index (χ1n) is 7.69. The molecule has 13 heteroatoms. The second kappa shape index (κ2) is 9.52. The van der Waals surface area contributed by atoms with Crippen LogP contribution < -0.4 is 4.18 Å². The third-order valence-electron chi connectivity index (χ3n) is 3.06. The average molecular weight is 451 g/mol. The molecule has 28 heavy (non-hydrogen) atoms. The van der Waals surface area contributed by atoms with Gasteiger partial charge in [-0.3, -0.25) is 4.68 Å². The van der Waals surface area contributed by atoms with E-state index in [2.05, 4.69) is 9.28 Å². The summed E-state index contributed by atoms with van der Waals surface area (Å²) in [6.45, 7) is 4.52. The molecule has 0 aliphatic rings. The fraction of sp³-hybridized carbons (Fsp3) is 0.400. The molecule has 0 aliphatic heterocycles. The topological polar surface area (TPSA) is 70.4 Å². The summed E-state index contributed by atoms with van der Waals surface area (Å²) in [7, 11) is -4.71. The third kappa shape index (κ3) is 5.32. The molecule has 0 N–H and O–H groups in total. The lowest BCUT2D eigenvalue weighted by Gasteiger charge is -2.11. The highest BCUT2D eigenvalue weighted by Gasteiger charge is 2.49. The second-order valence-corrected chi connectivity index (χ2v) is 6.71. The van der Waals surface area contributed by atoms with Gasteiger partial charge in [0.05, 0.1) is 13.2 Å². The fourth-order valence-electron chi connectivity index (χ4n) is 1.85. The molecule has 2 rings (SSSR count). The average Bonchev–Trinajstić information content (AvgIpc) is 2.98. The zero-order valence-corrected chi connectivity index (χ0v) is 16.4. The normalized spacial score (nSPS) is 11.8. The van der Waals surface area contributed by atoms with Crippen LogP contribution in [0.1, 0.15) is 13.8 Å². The van der Waals surface area contributed by atoms with Gasteiger partial charge in [0.25, 0.3) is 0 Å². The van der Waals surface area contributed by atoms with E-state index in [0.717, 1.165) is 6.07 Å². The Morgan fingerprint density at radius 3 is 2.29 bits per heavy atom. The van der Waals surface area contributed by atoms with Crippen molar-refractivity contribution in [2.24, 2.45) is 0 Å². The van der Waals surface area contributed by atoms with Gasteiger partial charge in [0, 0.05) is 24.4 Å². The van der Waals surface area contributed by atoms with Crippen LogP contribution in [0.15, 0.2) is 18.3 Å². The molecule has 2 aromatic rings. The Kier molecular flexibility index (Phi) is 8.20. The summed E-state index contributed by atoms with van der Waals surface area (Å²) >= 11 is 5.85. The predicted octanol–water partition coefficient (Wildman–Crippen LogP) is 4.38. The van der Waals surface area contributed by atoms with Crippen LogP contribution in [-0.4, -0.2) is 37.4 Å². The van der Waals surface area contributed by atoms with E-state index < -0.39 is 38.6 Å². The van der Waals surface area contributed by atoms with Crippen molar-refractivity contribution in [3.63, 3.8) is 0 Å². The number of rotatable bonds is 6. The summed E-state index contributed by atoms with van der Waals surface area (Å²) in [5, 5.41) is 3.65. The second-order valence-electron chi connectivity index (χ2n) is 4.81. The van der Waals surface area contributed by atoms with Crippen molar-refractivity contribution < 1.29 is 39.3 Å². The number of halogens is 6. The van der Waals surface area contributed by atoms with Crippen molar-refractivity contribution in [2.75, 3.05) is 13.7 Å². The summed E-state index contributed by atoms with van der Waals surface area (Å²) in [4.78, 5) is 0. The van der Waals surface area contributed by atoms with Gasteiger partial charge >= 0.3 is 15.6 Å². The van der Waals surface area contributed by atoms with Crippen molar-refractivity contribution >= 4 is 21.7 Å². The van der Waals surface area contributed by atoms with Gasteiger partial charge < -0.3 is 8.92 Å². The summed E-state index contributed by atoms with van der Waals surface area (Å²) < 4.78 is 96.6. The smallest absolute Gasteiger partial charge is 0.383 e. The third-order valence-corrected chi connectivity index (χ3v) is 4.31. The molecule has 1 aromatic carbocycles. The van der Waals surface area contributed by atoms with Gasteiger partial charge in [-0.25, -0.2) is 4.39 Å². The van der Waals surface area contributed by atoms with E-state index in [9.17, 15) is 30.4 Å². The molecule has 0 saturated carbocycles. The number of ether oxygens (including phenoxy) is 1. The van der Waals surface area contributed by atoms with Gasteiger partial charge in [0.15, 0.2) is 16.7 Å². The number of nitrogens with zero attached hydrogens (tertiary/aromatic N) is 2. The van der Waals surface area contributed by atoms with E-state index in [0.29, 0.717) is 6.07 Å². The summed E-state index contributed by atoms with van der Waals surface area (Å²) in [6.07, 6.45) is 1.27. The van der Waals surface area contributed by atoms with Gasteiger partial charge in [-0.1, -0.05) is 25.4 Å². The highest BCUT2D eigenvalue weighted by Crippen LogP contribution is 2.35. The monoisotopic (exact) mass is 450 g/mol. The molecule has 0 amide bonds. The molecular formula is C15H16ClF5N2O4S. The van der Waals surface area contributed by atoms with Crippen LogP contribution in [0.2, 0.25) is 5.15 Å².